The topological polar surface area (TPSA) is 15.6 Å². The summed E-state index contributed by atoms with van der Waals surface area (Å²) < 4.78 is 4.76. The van der Waals surface area contributed by atoms with Crippen molar-refractivity contribution in [2.75, 3.05) is 18.8 Å². The Kier molecular flexibility index (Phi) is 3.74. The average molecular weight is 314 g/mol. The van der Waals surface area contributed by atoms with Crippen LogP contribution in [0.2, 0.25) is 0 Å². The van der Waals surface area contributed by atoms with Crippen LogP contribution in [-0.4, -0.2) is 29.6 Å². The molecule has 2 aliphatic heterocycles. The quantitative estimate of drug-likeness (QED) is 0.750. The third-order valence-corrected chi connectivity index (χ3v) is 6.12. The standard InChI is InChI=1S/C17H18N2S2/c1-2-5-13(6-3-1)15-8-9-16(21-15)14-7-4-10-19-11-12-20-18-17(14)19/h1-3,5-6,8-9,14H,4,7,10-12H2. The summed E-state index contributed by atoms with van der Waals surface area (Å²) in [7, 11) is 0. The normalized spacial score (nSPS) is 21.8. The molecular weight excluding hydrogens is 296 g/mol. The van der Waals surface area contributed by atoms with Crippen molar-refractivity contribution in [3.05, 3.63) is 47.3 Å². The van der Waals surface area contributed by atoms with Crippen molar-refractivity contribution in [3.8, 4) is 10.4 Å². The van der Waals surface area contributed by atoms with Crippen LogP contribution >= 0.6 is 23.3 Å². The molecule has 0 spiro atoms. The third-order valence-electron chi connectivity index (χ3n) is 4.20. The van der Waals surface area contributed by atoms with Gasteiger partial charge in [0, 0.05) is 28.6 Å². The Morgan fingerprint density at radius 2 is 1.95 bits per heavy atom. The summed E-state index contributed by atoms with van der Waals surface area (Å²) in [4.78, 5) is 5.33. The molecule has 1 unspecified atom stereocenters. The van der Waals surface area contributed by atoms with Gasteiger partial charge in [-0.05, 0) is 42.5 Å². The van der Waals surface area contributed by atoms with E-state index in [1.54, 1.807) is 11.9 Å². The SMILES string of the molecule is c1ccc(-c2ccc(C3CCCN4CCSN=C34)s2)cc1. The minimum Gasteiger partial charge on any atom is -0.358 e. The van der Waals surface area contributed by atoms with Crippen LogP contribution in [0.25, 0.3) is 10.4 Å². The maximum absolute atomic E-state index is 4.76. The summed E-state index contributed by atoms with van der Waals surface area (Å²) in [5, 5.41) is 0. The van der Waals surface area contributed by atoms with E-state index in [9.17, 15) is 0 Å². The molecule has 4 heteroatoms. The fourth-order valence-corrected chi connectivity index (χ4v) is 5.04. The number of piperidine rings is 1. The molecule has 0 radical (unpaired) electrons. The summed E-state index contributed by atoms with van der Waals surface area (Å²) in [5.41, 5.74) is 1.32. The number of hydrogen-bond donors (Lipinski definition) is 0. The van der Waals surface area contributed by atoms with Crippen molar-refractivity contribution >= 4 is 29.1 Å². The number of nitrogens with zero attached hydrogens (tertiary/aromatic N) is 2. The Balaban J connectivity index is 1.64. The molecule has 4 rings (SSSR count). The molecule has 0 N–H and O–H groups in total. The smallest absolute Gasteiger partial charge is 0.121 e. The highest BCUT2D eigenvalue weighted by molar-refractivity contribution is 7.98. The predicted molar refractivity (Wildman–Crippen MR) is 93.2 cm³/mol. The lowest BCUT2D eigenvalue weighted by atomic mass is 9.95. The number of hydrogen-bond acceptors (Lipinski definition) is 4. The van der Waals surface area contributed by atoms with Crippen molar-refractivity contribution in [1.82, 2.24) is 4.90 Å². The van der Waals surface area contributed by atoms with E-state index in [1.807, 2.05) is 11.3 Å². The van der Waals surface area contributed by atoms with Crippen molar-refractivity contribution in [3.63, 3.8) is 0 Å². The van der Waals surface area contributed by atoms with Crippen LogP contribution in [0.5, 0.6) is 0 Å². The molecule has 1 atom stereocenters. The zero-order valence-electron chi connectivity index (χ0n) is 11.9. The van der Waals surface area contributed by atoms with Gasteiger partial charge in [0.25, 0.3) is 0 Å². The Morgan fingerprint density at radius 1 is 1.05 bits per heavy atom. The second-order valence-corrected chi connectivity index (χ2v) is 7.50. The lowest BCUT2D eigenvalue weighted by Gasteiger charge is -2.37. The molecule has 1 saturated heterocycles. The zero-order valence-corrected chi connectivity index (χ0v) is 13.5. The first-order chi connectivity index (χ1) is 10.4. The molecule has 1 fully saturated rings. The average Bonchev–Trinajstić information content (AvgIpc) is 3.05. The van der Waals surface area contributed by atoms with Crippen LogP contribution in [0, 0.1) is 0 Å². The third kappa shape index (κ3) is 2.62. The summed E-state index contributed by atoms with van der Waals surface area (Å²) in [5.74, 6) is 2.96. The van der Waals surface area contributed by atoms with Gasteiger partial charge in [-0.15, -0.1) is 11.3 Å². The molecule has 2 aromatic rings. The highest BCUT2D eigenvalue weighted by atomic mass is 32.2. The van der Waals surface area contributed by atoms with E-state index >= 15 is 0 Å². The maximum Gasteiger partial charge on any atom is 0.121 e. The summed E-state index contributed by atoms with van der Waals surface area (Å²) in [6.45, 7) is 2.35. The van der Waals surface area contributed by atoms with Crippen molar-refractivity contribution < 1.29 is 0 Å². The van der Waals surface area contributed by atoms with E-state index in [4.69, 9.17) is 4.40 Å². The zero-order chi connectivity index (χ0) is 14.1. The Hall–Kier alpha value is -1.26. The Morgan fingerprint density at radius 3 is 2.86 bits per heavy atom. The van der Waals surface area contributed by atoms with Crippen LogP contribution in [0.3, 0.4) is 0 Å². The predicted octanol–water partition coefficient (Wildman–Crippen LogP) is 4.65. The van der Waals surface area contributed by atoms with Gasteiger partial charge in [-0.3, -0.25) is 0 Å². The fraction of sp³-hybridized carbons (Fsp3) is 0.353. The van der Waals surface area contributed by atoms with Crippen LogP contribution in [0.1, 0.15) is 23.6 Å². The van der Waals surface area contributed by atoms with Gasteiger partial charge in [-0.2, -0.15) is 0 Å². The Labute approximate surface area is 134 Å². The second kappa shape index (κ2) is 5.85. The second-order valence-electron chi connectivity index (χ2n) is 5.53. The summed E-state index contributed by atoms with van der Waals surface area (Å²) >= 11 is 3.66. The van der Waals surface area contributed by atoms with Gasteiger partial charge in [0.1, 0.15) is 5.84 Å². The Bertz CT molecular complexity index is 648. The molecule has 0 aliphatic carbocycles. The van der Waals surface area contributed by atoms with Crippen molar-refractivity contribution in [2.45, 2.75) is 18.8 Å². The molecule has 0 amide bonds. The molecule has 3 heterocycles. The minimum atomic E-state index is 0.508. The molecule has 1 aromatic carbocycles. The minimum absolute atomic E-state index is 0.508. The van der Waals surface area contributed by atoms with Crippen molar-refractivity contribution in [1.29, 1.82) is 0 Å². The molecular formula is C17H18N2S2. The summed E-state index contributed by atoms with van der Waals surface area (Å²) in [6, 6.07) is 15.3. The van der Waals surface area contributed by atoms with Crippen LogP contribution in [-0.2, 0) is 0 Å². The number of benzene rings is 1. The molecule has 108 valence electrons. The first-order valence-electron chi connectivity index (χ1n) is 7.52. The van der Waals surface area contributed by atoms with Gasteiger partial charge in [0.05, 0.1) is 5.92 Å². The lowest BCUT2D eigenvalue weighted by molar-refractivity contribution is 0.372. The van der Waals surface area contributed by atoms with E-state index in [1.165, 1.54) is 40.5 Å². The molecule has 1 aromatic heterocycles. The first-order valence-corrected chi connectivity index (χ1v) is 9.28. The largest absolute Gasteiger partial charge is 0.358 e. The highest BCUT2D eigenvalue weighted by Gasteiger charge is 2.30. The van der Waals surface area contributed by atoms with Crippen LogP contribution in [0.4, 0.5) is 0 Å². The maximum atomic E-state index is 4.76. The molecule has 0 bridgehead atoms. The van der Waals surface area contributed by atoms with Crippen LogP contribution in [0.15, 0.2) is 46.9 Å². The fourth-order valence-electron chi connectivity index (χ4n) is 3.13. The molecule has 0 saturated carbocycles. The summed E-state index contributed by atoms with van der Waals surface area (Å²) in [6.07, 6.45) is 2.53. The number of fused-ring (bicyclic) bond motifs is 1. The van der Waals surface area contributed by atoms with Gasteiger partial charge in [0.2, 0.25) is 0 Å². The van der Waals surface area contributed by atoms with Gasteiger partial charge in [-0.25, -0.2) is 4.40 Å². The number of amidine groups is 1. The molecule has 2 aliphatic rings. The van der Waals surface area contributed by atoms with Crippen molar-refractivity contribution in [2.24, 2.45) is 4.40 Å². The van der Waals surface area contributed by atoms with Gasteiger partial charge < -0.3 is 4.90 Å². The van der Waals surface area contributed by atoms with E-state index in [0.717, 1.165) is 12.3 Å². The van der Waals surface area contributed by atoms with Gasteiger partial charge >= 0.3 is 0 Å². The number of rotatable bonds is 2. The monoisotopic (exact) mass is 314 g/mol. The van der Waals surface area contributed by atoms with E-state index in [0.29, 0.717) is 5.92 Å². The van der Waals surface area contributed by atoms with E-state index < -0.39 is 0 Å². The molecule has 2 nitrogen and oxygen atoms in total. The van der Waals surface area contributed by atoms with E-state index in [-0.39, 0.29) is 0 Å². The molecule has 21 heavy (non-hydrogen) atoms. The lowest BCUT2D eigenvalue weighted by Crippen LogP contribution is -2.42. The van der Waals surface area contributed by atoms with E-state index in [2.05, 4.69) is 47.4 Å². The highest BCUT2D eigenvalue weighted by Crippen LogP contribution is 2.38. The van der Waals surface area contributed by atoms with Gasteiger partial charge in [-0.1, -0.05) is 30.3 Å². The van der Waals surface area contributed by atoms with Gasteiger partial charge in [0.15, 0.2) is 0 Å². The number of thiophene rings is 1. The first kappa shape index (κ1) is 13.4. The van der Waals surface area contributed by atoms with Crippen LogP contribution < -0.4 is 0 Å².